The summed E-state index contributed by atoms with van der Waals surface area (Å²) in [5, 5.41) is 8.82. The predicted octanol–water partition coefficient (Wildman–Crippen LogP) is 3.97. The first kappa shape index (κ1) is 13.3. The molecule has 2 aromatic carbocycles. The molecule has 2 N–H and O–H groups in total. The van der Waals surface area contributed by atoms with Gasteiger partial charge in [0.1, 0.15) is 11.8 Å². The van der Waals surface area contributed by atoms with Crippen LogP contribution in [0.15, 0.2) is 34.8 Å². The van der Waals surface area contributed by atoms with E-state index in [1.165, 1.54) is 24.3 Å². The summed E-state index contributed by atoms with van der Waals surface area (Å²) >= 11 is 3.04. The molecule has 0 heterocycles. The van der Waals surface area contributed by atoms with Gasteiger partial charge in [0.25, 0.3) is 0 Å². The molecular formula is C13H7BrF2N2O. The van der Waals surface area contributed by atoms with E-state index in [4.69, 9.17) is 15.7 Å². The second-order valence-electron chi connectivity index (χ2n) is 3.66. The van der Waals surface area contributed by atoms with Gasteiger partial charge in [-0.15, -0.1) is 0 Å². The Balaban J connectivity index is 2.39. The molecule has 0 aliphatic carbocycles. The van der Waals surface area contributed by atoms with Crippen LogP contribution in [0.25, 0.3) is 0 Å². The Bertz CT molecular complexity index is 683. The average molecular weight is 325 g/mol. The van der Waals surface area contributed by atoms with Crippen LogP contribution in [-0.2, 0) is 0 Å². The maximum atomic E-state index is 13.5. The molecule has 2 rings (SSSR count). The fourth-order valence-electron chi connectivity index (χ4n) is 1.43. The SMILES string of the molecule is N#Cc1cc(Oc2cc(Br)cc(F)c2F)ccc1N. The average Bonchev–Trinajstić information content (AvgIpc) is 2.37. The number of nitrogens with zero attached hydrogens (tertiary/aromatic N) is 1. The number of ether oxygens (including phenoxy) is 1. The smallest absolute Gasteiger partial charge is 0.201 e. The molecule has 0 fully saturated rings. The van der Waals surface area contributed by atoms with E-state index >= 15 is 0 Å². The lowest BCUT2D eigenvalue weighted by Gasteiger charge is -2.09. The van der Waals surface area contributed by atoms with Gasteiger partial charge in [0.2, 0.25) is 5.82 Å². The third kappa shape index (κ3) is 2.83. The van der Waals surface area contributed by atoms with E-state index in [1.54, 1.807) is 0 Å². The molecule has 0 radical (unpaired) electrons. The lowest BCUT2D eigenvalue weighted by molar-refractivity contribution is 0.415. The lowest BCUT2D eigenvalue weighted by atomic mass is 10.2. The molecule has 0 spiro atoms. The minimum Gasteiger partial charge on any atom is -0.454 e. The van der Waals surface area contributed by atoms with Crippen molar-refractivity contribution < 1.29 is 13.5 Å². The van der Waals surface area contributed by atoms with Crippen molar-refractivity contribution in [3.8, 4) is 17.6 Å². The second-order valence-corrected chi connectivity index (χ2v) is 4.58. The monoisotopic (exact) mass is 324 g/mol. The number of nitrogen functional groups attached to an aromatic ring is 1. The number of anilines is 1. The van der Waals surface area contributed by atoms with Crippen molar-refractivity contribution in [1.82, 2.24) is 0 Å². The molecule has 0 saturated carbocycles. The Hall–Kier alpha value is -2.13. The zero-order valence-corrected chi connectivity index (χ0v) is 11.0. The predicted molar refractivity (Wildman–Crippen MR) is 69.7 cm³/mol. The van der Waals surface area contributed by atoms with Crippen LogP contribution in [0.3, 0.4) is 0 Å². The third-order valence-corrected chi connectivity index (χ3v) is 2.79. The van der Waals surface area contributed by atoms with Gasteiger partial charge in [-0.1, -0.05) is 15.9 Å². The van der Waals surface area contributed by atoms with Crippen LogP contribution in [-0.4, -0.2) is 0 Å². The molecule has 0 aromatic heterocycles. The normalized spacial score (nSPS) is 10.0. The van der Waals surface area contributed by atoms with Gasteiger partial charge in [-0.2, -0.15) is 9.65 Å². The van der Waals surface area contributed by atoms with Gasteiger partial charge in [0, 0.05) is 16.2 Å². The Morgan fingerprint density at radius 2 is 1.95 bits per heavy atom. The van der Waals surface area contributed by atoms with Crippen LogP contribution < -0.4 is 10.5 Å². The van der Waals surface area contributed by atoms with Gasteiger partial charge >= 0.3 is 0 Å². The largest absolute Gasteiger partial charge is 0.454 e. The molecule has 0 aliphatic rings. The molecule has 6 heteroatoms. The quantitative estimate of drug-likeness (QED) is 0.671. The van der Waals surface area contributed by atoms with Crippen LogP contribution in [0, 0.1) is 23.0 Å². The van der Waals surface area contributed by atoms with Crippen molar-refractivity contribution in [2.75, 3.05) is 5.73 Å². The first-order valence-corrected chi connectivity index (χ1v) is 5.92. The Morgan fingerprint density at radius 1 is 1.21 bits per heavy atom. The minimum atomic E-state index is -1.10. The highest BCUT2D eigenvalue weighted by Gasteiger charge is 2.12. The highest BCUT2D eigenvalue weighted by atomic mass is 79.9. The summed E-state index contributed by atoms with van der Waals surface area (Å²) in [6.07, 6.45) is 0. The summed E-state index contributed by atoms with van der Waals surface area (Å²) in [5.74, 6) is -2.21. The third-order valence-electron chi connectivity index (χ3n) is 2.33. The maximum absolute atomic E-state index is 13.5. The number of rotatable bonds is 2. The topological polar surface area (TPSA) is 59.0 Å². The first-order chi connectivity index (χ1) is 9.01. The molecule has 3 nitrogen and oxygen atoms in total. The highest BCUT2D eigenvalue weighted by molar-refractivity contribution is 9.10. The molecule has 0 saturated heterocycles. The van der Waals surface area contributed by atoms with Crippen molar-refractivity contribution >= 4 is 21.6 Å². The van der Waals surface area contributed by atoms with E-state index in [9.17, 15) is 8.78 Å². The van der Waals surface area contributed by atoms with Crippen molar-refractivity contribution in [1.29, 1.82) is 5.26 Å². The Morgan fingerprint density at radius 3 is 2.63 bits per heavy atom. The molecule has 19 heavy (non-hydrogen) atoms. The number of halogens is 3. The van der Waals surface area contributed by atoms with Gasteiger partial charge < -0.3 is 10.5 Å². The van der Waals surface area contributed by atoms with E-state index in [1.807, 2.05) is 6.07 Å². The maximum Gasteiger partial charge on any atom is 0.201 e. The van der Waals surface area contributed by atoms with E-state index in [0.717, 1.165) is 6.07 Å². The summed E-state index contributed by atoms with van der Waals surface area (Å²) in [4.78, 5) is 0. The Kier molecular flexibility index (Phi) is 3.67. The van der Waals surface area contributed by atoms with Crippen LogP contribution in [0.1, 0.15) is 5.56 Å². The molecule has 0 amide bonds. The van der Waals surface area contributed by atoms with Crippen LogP contribution >= 0.6 is 15.9 Å². The number of hydrogen-bond donors (Lipinski definition) is 1. The fourth-order valence-corrected chi connectivity index (χ4v) is 1.84. The van der Waals surface area contributed by atoms with E-state index in [-0.39, 0.29) is 22.7 Å². The zero-order chi connectivity index (χ0) is 14.0. The molecule has 96 valence electrons. The summed E-state index contributed by atoms with van der Waals surface area (Å²) in [6, 6.07) is 8.44. The van der Waals surface area contributed by atoms with Crippen molar-refractivity contribution in [3.63, 3.8) is 0 Å². The Labute approximate surface area is 116 Å². The van der Waals surface area contributed by atoms with E-state index < -0.39 is 11.6 Å². The van der Waals surface area contributed by atoms with Gasteiger partial charge in [-0.05, 0) is 24.3 Å². The summed E-state index contributed by atoms with van der Waals surface area (Å²) in [7, 11) is 0. The number of nitrogens with two attached hydrogens (primary N) is 1. The summed E-state index contributed by atoms with van der Waals surface area (Å²) < 4.78 is 32.3. The minimum absolute atomic E-state index is 0.196. The summed E-state index contributed by atoms with van der Waals surface area (Å²) in [5.41, 5.74) is 6.04. The summed E-state index contributed by atoms with van der Waals surface area (Å²) in [6.45, 7) is 0. The van der Waals surface area contributed by atoms with Gasteiger partial charge in [-0.3, -0.25) is 0 Å². The lowest BCUT2D eigenvalue weighted by Crippen LogP contribution is -1.94. The van der Waals surface area contributed by atoms with Gasteiger partial charge in [0.15, 0.2) is 11.6 Å². The number of hydrogen-bond acceptors (Lipinski definition) is 3. The standard InChI is InChI=1S/C13H7BrF2N2O/c14-8-4-10(15)13(16)12(5-8)19-9-1-2-11(18)7(3-9)6-17/h1-5H,18H2. The second kappa shape index (κ2) is 5.24. The van der Waals surface area contributed by atoms with Gasteiger partial charge in [-0.25, -0.2) is 4.39 Å². The number of benzene rings is 2. The van der Waals surface area contributed by atoms with Crippen LogP contribution in [0.4, 0.5) is 14.5 Å². The zero-order valence-electron chi connectivity index (χ0n) is 9.45. The molecular weight excluding hydrogens is 318 g/mol. The fraction of sp³-hybridized carbons (Fsp3) is 0. The molecule has 2 aromatic rings. The molecule has 0 unspecified atom stereocenters. The van der Waals surface area contributed by atoms with Crippen molar-refractivity contribution in [3.05, 3.63) is 52.0 Å². The van der Waals surface area contributed by atoms with E-state index in [2.05, 4.69) is 15.9 Å². The van der Waals surface area contributed by atoms with Crippen LogP contribution in [0.5, 0.6) is 11.5 Å². The van der Waals surface area contributed by atoms with Crippen LogP contribution in [0.2, 0.25) is 0 Å². The number of nitriles is 1. The van der Waals surface area contributed by atoms with Gasteiger partial charge in [0.05, 0.1) is 5.56 Å². The van der Waals surface area contributed by atoms with Crippen molar-refractivity contribution in [2.24, 2.45) is 0 Å². The molecule has 0 atom stereocenters. The highest BCUT2D eigenvalue weighted by Crippen LogP contribution is 2.30. The van der Waals surface area contributed by atoms with E-state index in [0.29, 0.717) is 4.47 Å². The molecule has 0 aliphatic heterocycles. The van der Waals surface area contributed by atoms with Crippen molar-refractivity contribution in [2.45, 2.75) is 0 Å². The first-order valence-electron chi connectivity index (χ1n) is 5.13. The molecule has 0 bridgehead atoms.